The number of carbonyl (C=O) groups excluding carboxylic acids is 1. The van der Waals surface area contributed by atoms with Gasteiger partial charge in [0.25, 0.3) is 5.91 Å². The van der Waals surface area contributed by atoms with Crippen molar-refractivity contribution in [3.05, 3.63) is 29.3 Å². The summed E-state index contributed by atoms with van der Waals surface area (Å²) in [6, 6.07) is 6.06. The maximum absolute atomic E-state index is 12.7. The number of rotatable bonds is 4. The number of ether oxygens (including phenoxy) is 2. The maximum atomic E-state index is 12.7. The number of hydrogen-bond donors (Lipinski definition) is 0. The van der Waals surface area contributed by atoms with Crippen molar-refractivity contribution in [1.82, 2.24) is 4.90 Å². The first kappa shape index (κ1) is 16.8. The third-order valence-corrected chi connectivity index (χ3v) is 3.85. The molecule has 1 aromatic rings. The molecule has 1 aliphatic rings. The Morgan fingerprint density at radius 1 is 1.23 bits per heavy atom. The molecule has 4 nitrogen and oxygen atoms in total. The summed E-state index contributed by atoms with van der Waals surface area (Å²) in [6.07, 6.45) is 0.378. The van der Waals surface area contributed by atoms with Crippen LogP contribution in [0, 0.1) is 13.8 Å². The topological polar surface area (TPSA) is 38.8 Å². The summed E-state index contributed by atoms with van der Waals surface area (Å²) in [5.41, 5.74) is 2.29. The Balaban J connectivity index is 2.08. The van der Waals surface area contributed by atoms with E-state index in [0.717, 1.165) is 16.9 Å². The Kier molecular flexibility index (Phi) is 5.46. The minimum atomic E-state index is -0.432. The molecule has 0 spiro atoms. The molecule has 1 aromatic carbocycles. The molecular formula is C18H27NO3. The maximum Gasteiger partial charge on any atom is 0.263 e. The SMILES string of the molecule is CC[C@@H](Oc1cc(C)cc(C)c1)C(=O)N1C[C@H](C)O[C@@H](C)C1. The zero-order valence-electron chi connectivity index (χ0n) is 14.3. The minimum Gasteiger partial charge on any atom is -0.481 e. The molecule has 1 amide bonds. The Labute approximate surface area is 133 Å². The van der Waals surface area contributed by atoms with Crippen LogP contribution in [0.4, 0.5) is 0 Å². The van der Waals surface area contributed by atoms with Crippen molar-refractivity contribution in [2.24, 2.45) is 0 Å². The highest BCUT2D eigenvalue weighted by Crippen LogP contribution is 2.20. The molecule has 0 saturated carbocycles. The van der Waals surface area contributed by atoms with E-state index >= 15 is 0 Å². The second kappa shape index (κ2) is 7.14. The minimum absolute atomic E-state index is 0.0589. The smallest absolute Gasteiger partial charge is 0.263 e. The van der Waals surface area contributed by atoms with Crippen LogP contribution in [-0.2, 0) is 9.53 Å². The van der Waals surface area contributed by atoms with E-state index in [1.54, 1.807) is 0 Å². The zero-order valence-corrected chi connectivity index (χ0v) is 14.3. The van der Waals surface area contributed by atoms with Crippen molar-refractivity contribution in [1.29, 1.82) is 0 Å². The molecule has 0 radical (unpaired) electrons. The molecule has 1 heterocycles. The fraction of sp³-hybridized carbons (Fsp3) is 0.611. The number of benzene rings is 1. The lowest BCUT2D eigenvalue weighted by molar-refractivity contribution is -0.150. The number of aryl methyl sites for hydroxylation is 2. The van der Waals surface area contributed by atoms with E-state index in [1.165, 1.54) is 0 Å². The van der Waals surface area contributed by atoms with E-state index in [0.29, 0.717) is 19.5 Å². The predicted molar refractivity (Wildman–Crippen MR) is 87.2 cm³/mol. The summed E-state index contributed by atoms with van der Waals surface area (Å²) in [5, 5.41) is 0. The Bertz CT molecular complexity index is 499. The van der Waals surface area contributed by atoms with Crippen LogP contribution >= 0.6 is 0 Å². The highest BCUT2D eigenvalue weighted by molar-refractivity contribution is 5.81. The Morgan fingerprint density at radius 2 is 1.77 bits per heavy atom. The van der Waals surface area contributed by atoms with Crippen LogP contribution in [0.5, 0.6) is 5.75 Å². The Morgan fingerprint density at radius 3 is 2.27 bits per heavy atom. The van der Waals surface area contributed by atoms with Gasteiger partial charge in [-0.2, -0.15) is 0 Å². The summed E-state index contributed by atoms with van der Waals surface area (Å²) in [7, 11) is 0. The fourth-order valence-corrected chi connectivity index (χ4v) is 3.04. The predicted octanol–water partition coefficient (Wildman–Crippen LogP) is 3.10. The summed E-state index contributed by atoms with van der Waals surface area (Å²) >= 11 is 0. The molecule has 1 aliphatic heterocycles. The first-order chi connectivity index (χ1) is 10.4. The van der Waals surface area contributed by atoms with E-state index in [-0.39, 0.29) is 18.1 Å². The van der Waals surface area contributed by atoms with Gasteiger partial charge in [-0.1, -0.05) is 13.0 Å². The standard InChI is InChI=1S/C18H27NO3/c1-6-17(22-16-8-12(2)7-13(3)9-16)18(20)19-10-14(4)21-15(5)11-19/h7-9,14-15,17H,6,10-11H2,1-5H3/t14-,15-,17+/m0/s1. The molecule has 0 N–H and O–H groups in total. The lowest BCUT2D eigenvalue weighted by Crippen LogP contribution is -2.52. The number of amides is 1. The highest BCUT2D eigenvalue weighted by Gasteiger charge is 2.30. The molecule has 122 valence electrons. The molecular weight excluding hydrogens is 278 g/mol. The lowest BCUT2D eigenvalue weighted by atomic mass is 10.1. The number of hydrogen-bond acceptors (Lipinski definition) is 3. The number of morpholine rings is 1. The number of nitrogens with zero attached hydrogens (tertiary/aromatic N) is 1. The van der Waals surface area contributed by atoms with E-state index in [2.05, 4.69) is 6.07 Å². The molecule has 1 fully saturated rings. The largest absolute Gasteiger partial charge is 0.481 e. The van der Waals surface area contributed by atoms with Gasteiger partial charge in [0.1, 0.15) is 5.75 Å². The van der Waals surface area contributed by atoms with Gasteiger partial charge in [-0.3, -0.25) is 4.79 Å². The van der Waals surface area contributed by atoms with Gasteiger partial charge in [-0.25, -0.2) is 0 Å². The molecule has 0 aliphatic carbocycles. The van der Waals surface area contributed by atoms with Gasteiger partial charge in [0, 0.05) is 13.1 Å². The van der Waals surface area contributed by atoms with Gasteiger partial charge >= 0.3 is 0 Å². The van der Waals surface area contributed by atoms with E-state index in [4.69, 9.17) is 9.47 Å². The van der Waals surface area contributed by atoms with Crippen molar-refractivity contribution in [3.63, 3.8) is 0 Å². The fourth-order valence-electron chi connectivity index (χ4n) is 3.04. The van der Waals surface area contributed by atoms with Crippen molar-refractivity contribution in [3.8, 4) is 5.75 Å². The van der Waals surface area contributed by atoms with Gasteiger partial charge in [0.05, 0.1) is 12.2 Å². The summed E-state index contributed by atoms with van der Waals surface area (Å²) in [6.45, 7) is 11.3. The summed E-state index contributed by atoms with van der Waals surface area (Å²) < 4.78 is 11.7. The normalized spacial score (nSPS) is 23.2. The molecule has 4 heteroatoms. The average molecular weight is 305 g/mol. The van der Waals surface area contributed by atoms with Crippen LogP contribution in [0.1, 0.15) is 38.3 Å². The van der Waals surface area contributed by atoms with Crippen molar-refractivity contribution < 1.29 is 14.3 Å². The van der Waals surface area contributed by atoms with E-state index in [9.17, 15) is 4.79 Å². The molecule has 2 rings (SSSR count). The van der Waals surface area contributed by atoms with Crippen LogP contribution in [-0.4, -0.2) is 42.2 Å². The van der Waals surface area contributed by atoms with Crippen LogP contribution in [0.25, 0.3) is 0 Å². The van der Waals surface area contributed by atoms with Crippen molar-refractivity contribution in [2.75, 3.05) is 13.1 Å². The first-order valence-electron chi connectivity index (χ1n) is 8.08. The molecule has 0 aromatic heterocycles. The zero-order chi connectivity index (χ0) is 16.3. The summed E-state index contributed by atoms with van der Waals surface area (Å²) in [4.78, 5) is 14.6. The van der Waals surface area contributed by atoms with E-state index in [1.807, 2.05) is 51.7 Å². The summed E-state index contributed by atoms with van der Waals surface area (Å²) in [5.74, 6) is 0.829. The second-order valence-corrected chi connectivity index (χ2v) is 6.34. The van der Waals surface area contributed by atoms with Gasteiger partial charge < -0.3 is 14.4 Å². The van der Waals surface area contributed by atoms with Gasteiger partial charge in [-0.15, -0.1) is 0 Å². The molecule has 3 atom stereocenters. The monoisotopic (exact) mass is 305 g/mol. The van der Waals surface area contributed by atoms with Crippen LogP contribution in [0.2, 0.25) is 0 Å². The van der Waals surface area contributed by atoms with Crippen molar-refractivity contribution in [2.45, 2.75) is 59.4 Å². The van der Waals surface area contributed by atoms with Crippen LogP contribution in [0.3, 0.4) is 0 Å². The molecule has 1 saturated heterocycles. The second-order valence-electron chi connectivity index (χ2n) is 6.34. The third kappa shape index (κ3) is 4.23. The highest BCUT2D eigenvalue weighted by atomic mass is 16.5. The molecule has 0 bridgehead atoms. The van der Waals surface area contributed by atoms with Crippen molar-refractivity contribution >= 4 is 5.91 Å². The quantitative estimate of drug-likeness (QED) is 0.858. The first-order valence-corrected chi connectivity index (χ1v) is 8.08. The number of carbonyl (C=O) groups is 1. The molecule has 22 heavy (non-hydrogen) atoms. The molecule has 0 unspecified atom stereocenters. The van der Waals surface area contributed by atoms with Crippen LogP contribution in [0.15, 0.2) is 18.2 Å². The third-order valence-electron chi connectivity index (χ3n) is 3.85. The van der Waals surface area contributed by atoms with E-state index < -0.39 is 6.10 Å². The lowest BCUT2D eigenvalue weighted by Gasteiger charge is -2.37. The Hall–Kier alpha value is -1.55. The van der Waals surface area contributed by atoms with Gasteiger partial charge in [-0.05, 0) is 57.4 Å². The van der Waals surface area contributed by atoms with Gasteiger partial charge in [0.15, 0.2) is 6.10 Å². The average Bonchev–Trinajstić information content (AvgIpc) is 2.42. The van der Waals surface area contributed by atoms with Crippen LogP contribution < -0.4 is 4.74 Å². The van der Waals surface area contributed by atoms with Gasteiger partial charge in [0.2, 0.25) is 0 Å².